The molecule has 0 spiro atoms. The molecule has 0 aromatic heterocycles. The van der Waals surface area contributed by atoms with E-state index in [1.807, 2.05) is 0 Å². The van der Waals surface area contributed by atoms with Gasteiger partial charge in [-0.05, 0) is 6.55 Å². The molecule has 3 atom stereocenters. The molecule has 0 amide bonds. The third kappa shape index (κ3) is 2.48. The lowest BCUT2D eigenvalue weighted by molar-refractivity contribution is -0.147. The van der Waals surface area contributed by atoms with E-state index in [4.69, 9.17) is 14.3 Å². The first-order chi connectivity index (χ1) is 6.97. The third-order valence-corrected chi connectivity index (χ3v) is 2.35. The summed E-state index contributed by atoms with van der Waals surface area (Å²) >= 11 is 0. The molecule has 0 aromatic rings. The highest BCUT2D eigenvalue weighted by Gasteiger charge is 2.40. The summed E-state index contributed by atoms with van der Waals surface area (Å²) < 4.78 is 9.39. The Labute approximate surface area is 87.0 Å². The summed E-state index contributed by atoms with van der Waals surface area (Å²) in [5.74, 6) is -2.14. The molecule has 0 aromatic carbocycles. The second kappa shape index (κ2) is 4.62. The lowest BCUT2D eigenvalue weighted by Gasteiger charge is -2.19. The molecule has 8 heteroatoms. The van der Waals surface area contributed by atoms with Gasteiger partial charge in [-0.3, -0.25) is 0 Å². The number of carbonyl (C=O) groups is 1. The Bertz CT molecular complexity index is 287. The minimum atomic E-state index is -2.52. The van der Waals surface area contributed by atoms with E-state index < -0.39 is 39.8 Å². The smallest absolute Gasteiger partial charge is 0.377 e. The van der Waals surface area contributed by atoms with Crippen LogP contribution in [0.2, 0.25) is 6.55 Å². The molecule has 0 bridgehead atoms. The van der Waals surface area contributed by atoms with Crippen molar-refractivity contribution in [2.45, 2.75) is 18.8 Å². The van der Waals surface area contributed by atoms with Crippen molar-refractivity contribution in [3.63, 3.8) is 0 Å². The fourth-order valence-corrected chi connectivity index (χ4v) is 1.73. The molecule has 7 nitrogen and oxygen atoms in total. The Kier molecular flexibility index (Phi) is 3.69. The number of aliphatic hydroxyl groups is 3. The number of cyclic esters (lactones) is 1. The van der Waals surface area contributed by atoms with Crippen LogP contribution in [0.1, 0.15) is 0 Å². The number of hydrogen-bond donors (Lipinski definition) is 4. The summed E-state index contributed by atoms with van der Waals surface area (Å²) in [5.41, 5.74) is 0. The topological polar surface area (TPSA) is 116 Å². The summed E-state index contributed by atoms with van der Waals surface area (Å²) in [6, 6.07) is 0. The van der Waals surface area contributed by atoms with Crippen molar-refractivity contribution >= 4 is 15.3 Å². The fourth-order valence-electron chi connectivity index (χ4n) is 1.12. The van der Waals surface area contributed by atoms with Gasteiger partial charge in [-0.15, -0.1) is 0 Å². The van der Waals surface area contributed by atoms with Crippen molar-refractivity contribution in [1.82, 2.24) is 0 Å². The van der Waals surface area contributed by atoms with Crippen LogP contribution in [-0.2, 0) is 14.0 Å². The normalized spacial score (nSPS) is 25.1. The molecule has 0 saturated heterocycles. The van der Waals surface area contributed by atoms with Crippen LogP contribution in [0.25, 0.3) is 0 Å². The zero-order chi connectivity index (χ0) is 11.6. The number of aliphatic hydroxyl groups excluding tert-OH is 3. The van der Waals surface area contributed by atoms with E-state index in [1.165, 1.54) is 6.55 Å². The molecule has 0 fully saturated rings. The zero-order valence-corrected chi connectivity index (χ0v) is 9.11. The molecule has 4 N–H and O–H groups in total. The van der Waals surface area contributed by atoms with Gasteiger partial charge in [0.2, 0.25) is 5.76 Å². The van der Waals surface area contributed by atoms with Crippen LogP contribution in [0.3, 0.4) is 0 Å². The van der Waals surface area contributed by atoms with Gasteiger partial charge in [-0.1, -0.05) is 0 Å². The number of esters is 1. The molecule has 1 aliphatic heterocycles. The van der Waals surface area contributed by atoms with Crippen molar-refractivity contribution in [1.29, 1.82) is 0 Å². The second-order valence-electron chi connectivity index (χ2n) is 3.01. The maximum atomic E-state index is 10.9. The first kappa shape index (κ1) is 12.0. The lowest BCUT2D eigenvalue weighted by atomic mass is 10.2. The molecule has 86 valence electrons. The van der Waals surface area contributed by atoms with Gasteiger partial charge in [0.25, 0.3) is 0 Å². The molecule has 15 heavy (non-hydrogen) atoms. The van der Waals surface area contributed by atoms with Gasteiger partial charge in [0.15, 0.2) is 11.9 Å². The number of rotatable bonds is 4. The summed E-state index contributed by atoms with van der Waals surface area (Å²) in [5, 5.41) is 27.1. The molecule has 1 aliphatic rings. The van der Waals surface area contributed by atoms with Gasteiger partial charge in [0.1, 0.15) is 6.10 Å². The number of ether oxygens (including phenoxy) is 1. The summed E-state index contributed by atoms with van der Waals surface area (Å²) in [7, 11) is -2.52. The minimum absolute atomic E-state index is 0.316. The van der Waals surface area contributed by atoms with Crippen molar-refractivity contribution < 1.29 is 34.1 Å². The SMILES string of the molecule is C[SiH](O)OC1=C(O)C(=O)O[C@@H]1[C@@H](O)CO. The van der Waals surface area contributed by atoms with Gasteiger partial charge in [0, 0.05) is 0 Å². The van der Waals surface area contributed by atoms with E-state index in [9.17, 15) is 15.0 Å². The molecule has 0 aliphatic carbocycles. The van der Waals surface area contributed by atoms with Crippen LogP contribution in [0, 0.1) is 0 Å². The number of carbonyl (C=O) groups excluding carboxylic acids is 1. The van der Waals surface area contributed by atoms with E-state index in [1.54, 1.807) is 0 Å². The molecular formula is C7H12O7Si. The van der Waals surface area contributed by atoms with E-state index in [0.29, 0.717) is 0 Å². The van der Waals surface area contributed by atoms with Crippen LogP contribution >= 0.6 is 0 Å². The summed E-state index contributed by atoms with van der Waals surface area (Å²) in [6.45, 7) is 0.741. The quantitative estimate of drug-likeness (QED) is 0.326. The zero-order valence-electron chi connectivity index (χ0n) is 7.95. The lowest BCUT2D eigenvalue weighted by Crippen LogP contribution is -2.33. The molecule has 0 saturated carbocycles. The predicted octanol–water partition coefficient (Wildman–Crippen LogP) is -2.11. The van der Waals surface area contributed by atoms with E-state index >= 15 is 0 Å². The molecule has 1 unspecified atom stereocenters. The van der Waals surface area contributed by atoms with Crippen LogP contribution in [-0.4, -0.2) is 54.2 Å². The Balaban J connectivity index is 2.87. The van der Waals surface area contributed by atoms with E-state index in [-0.39, 0.29) is 5.76 Å². The van der Waals surface area contributed by atoms with Crippen molar-refractivity contribution in [3.05, 3.63) is 11.5 Å². The average Bonchev–Trinajstić information content (AvgIpc) is 2.44. The highest BCUT2D eigenvalue weighted by atomic mass is 28.3. The van der Waals surface area contributed by atoms with Crippen molar-refractivity contribution in [2.75, 3.05) is 6.61 Å². The Morgan fingerprint density at radius 1 is 1.67 bits per heavy atom. The van der Waals surface area contributed by atoms with Gasteiger partial charge in [0.05, 0.1) is 6.61 Å². The molecule has 1 heterocycles. The Hall–Kier alpha value is -1.09. The maximum Gasteiger partial charge on any atom is 0.377 e. The highest BCUT2D eigenvalue weighted by molar-refractivity contribution is 6.41. The largest absolute Gasteiger partial charge is 0.520 e. The summed E-state index contributed by atoms with van der Waals surface area (Å²) in [6.07, 6.45) is -2.65. The molecule has 0 radical (unpaired) electrons. The average molecular weight is 236 g/mol. The minimum Gasteiger partial charge on any atom is -0.520 e. The fraction of sp³-hybridized carbons (Fsp3) is 0.571. The van der Waals surface area contributed by atoms with Crippen molar-refractivity contribution in [3.8, 4) is 0 Å². The van der Waals surface area contributed by atoms with Crippen molar-refractivity contribution in [2.24, 2.45) is 0 Å². The molecular weight excluding hydrogens is 224 g/mol. The van der Waals surface area contributed by atoms with E-state index in [2.05, 4.69) is 4.74 Å². The van der Waals surface area contributed by atoms with Crippen LogP contribution in [0.15, 0.2) is 11.5 Å². The van der Waals surface area contributed by atoms with Crippen LogP contribution in [0.4, 0.5) is 0 Å². The predicted molar refractivity (Wildman–Crippen MR) is 48.9 cm³/mol. The standard InChI is InChI=1S/C7H12O7Si/c1-15(12)14-6-4(10)7(11)13-5(6)3(9)2-8/h3,5,8-10,12,15H,2H2,1H3/t3-,5+,15?/m0/s1. The maximum absolute atomic E-state index is 10.9. The number of hydrogen-bond acceptors (Lipinski definition) is 7. The van der Waals surface area contributed by atoms with Gasteiger partial charge >= 0.3 is 15.3 Å². The first-order valence-corrected chi connectivity index (χ1v) is 6.39. The molecule has 1 rings (SSSR count). The van der Waals surface area contributed by atoms with Gasteiger partial charge in [-0.2, -0.15) is 0 Å². The second-order valence-corrected chi connectivity index (χ2v) is 4.44. The highest BCUT2D eigenvalue weighted by Crippen LogP contribution is 2.24. The van der Waals surface area contributed by atoms with Gasteiger partial charge < -0.3 is 29.3 Å². The third-order valence-electron chi connectivity index (χ3n) is 1.75. The first-order valence-electron chi connectivity index (χ1n) is 4.25. The van der Waals surface area contributed by atoms with Gasteiger partial charge in [-0.25, -0.2) is 4.79 Å². The van der Waals surface area contributed by atoms with Crippen LogP contribution < -0.4 is 0 Å². The Morgan fingerprint density at radius 3 is 2.73 bits per heavy atom. The Morgan fingerprint density at radius 2 is 2.27 bits per heavy atom. The monoisotopic (exact) mass is 236 g/mol. The van der Waals surface area contributed by atoms with Crippen LogP contribution in [0.5, 0.6) is 0 Å². The summed E-state index contributed by atoms with van der Waals surface area (Å²) in [4.78, 5) is 20.0. The van der Waals surface area contributed by atoms with E-state index in [0.717, 1.165) is 0 Å².